The summed E-state index contributed by atoms with van der Waals surface area (Å²) in [6.07, 6.45) is 11.0. The van der Waals surface area contributed by atoms with E-state index in [4.69, 9.17) is 0 Å². The van der Waals surface area contributed by atoms with Crippen LogP contribution < -0.4 is 5.32 Å². The second kappa shape index (κ2) is 8.29. The molecule has 0 radical (unpaired) electrons. The number of nitrogens with one attached hydrogen (secondary N) is 1. The maximum Gasteiger partial charge on any atom is 0.259 e. The van der Waals surface area contributed by atoms with Gasteiger partial charge in [-0.3, -0.25) is 9.59 Å². The highest BCUT2D eigenvalue weighted by atomic mass is 16.2. The van der Waals surface area contributed by atoms with E-state index in [-0.39, 0.29) is 29.2 Å². The molecule has 4 aliphatic rings. The largest absolute Gasteiger partial charge is 0.351 e. The Morgan fingerprint density at radius 2 is 1.85 bits per heavy atom. The van der Waals surface area contributed by atoms with Gasteiger partial charge in [-0.05, 0) is 73.2 Å². The number of amides is 2. The average Bonchev–Trinajstić information content (AvgIpc) is 3.22. The second-order valence-corrected chi connectivity index (χ2v) is 11.9. The fourth-order valence-electron chi connectivity index (χ4n) is 8.29. The van der Waals surface area contributed by atoms with Gasteiger partial charge < -0.3 is 10.2 Å². The highest BCUT2D eigenvalue weighted by molar-refractivity contribution is 6.19. The first-order valence-corrected chi connectivity index (χ1v) is 13.1. The smallest absolute Gasteiger partial charge is 0.259 e. The van der Waals surface area contributed by atoms with E-state index in [0.717, 1.165) is 18.3 Å². The maximum atomic E-state index is 13.3. The summed E-state index contributed by atoms with van der Waals surface area (Å²) < 4.78 is 0. The van der Waals surface area contributed by atoms with Crippen LogP contribution in [0, 0.1) is 28.6 Å². The lowest BCUT2D eigenvalue weighted by Gasteiger charge is -2.60. The molecule has 7 atom stereocenters. The number of fused-ring (bicyclic) bond motifs is 5. The zero-order valence-electron chi connectivity index (χ0n) is 20.8. The van der Waals surface area contributed by atoms with E-state index in [2.05, 4.69) is 44.3 Å². The summed E-state index contributed by atoms with van der Waals surface area (Å²) in [6.45, 7) is 7.51. The number of carbonyl (C=O) groups excluding carboxylic acids is 2. The van der Waals surface area contributed by atoms with Crippen molar-refractivity contribution in [2.24, 2.45) is 28.6 Å². The summed E-state index contributed by atoms with van der Waals surface area (Å²) in [5, 5.41) is 3.07. The molecule has 2 amide bonds. The number of rotatable bonds is 4. The predicted octanol–water partition coefficient (Wildman–Crippen LogP) is 5.31. The van der Waals surface area contributed by atoms with Gasteiger partial charge in [0, 0.05) is 25.0 Å². The number of hydrogen-bond donors (Lipinski definition) is 1. The van der Waals surface area contributed by atoms with Crippen molar-refractivity contribution in [3.63, 3.8) is 0 Å². The maximum absolute atomic E-state index is 13.3. The van der Waals surface area contributed by atoms with Crippen LogP contribution in [-0.4, -0.2) is 36.3 Å². The Hall–Kier alpha value is -2.10. The van der Waals surface area contributed by atoms with Gasteiger partial charge in [-0.15, -0.1) is 0 Å². The first-order chi connectivity index (χ1) is 15.7. The Kier molecular flexibility index (Phi) is 5.69. The Morgan fingerprint density at radius 1 is 1.09 bits per heavy atom. The summed E-state index contributed by atoms with van der Waals surface area (Å²) >= 11 is 0. The highest BCUT2D eigenvalue weighted by Crippen LogP contribution is 2.64. The van der Waals surface area contributed by atoms with Gasteiger partial charge in [-0.1, -0.05) is 63.6 Å². The van der Waals surface area contributed by atoms with Crippen molar-refractivity contribution in [2.75, 3.05) is 13.6 Å². The van der Waals surface area contributed by atoms with Gasteiger partial charge in [-0.2, -0.15) is 0 Å². The number of likely N-dealkylation sites (N-methyl/N-ethyl adjacent to an activating group) is 1. The summed E-state index contributed by atoms with van der Waals surface area (Å²) in [5.41, 5.74) is 1.95. The van der Waals surface area contributed by atoms with Gasteiger partial charge in [0.1, 0.15) is 5.57 Å². The number of nitrogens with zero attached hydrogens (tertiary/aromatic N) is 1. The van der Waals surface area contributed by atoms with Crippen molar-refractivity contribution in [1.29, 1.82) is 0 Å². The lowest BCUT2D eigenvalue weighted by molar-refractivity contribution is -0.141. The van der Waals surface area contributed by atoms with Crippen LogP contribution in [0.3, 0.4) is 0 Å². The quantitative estimate of drug-likeness (QED) is 0.635. The van der Waals surface area contributed by atoms with Crippen molar-refractivity contribution in [3.8, 4) is 0 Å². The van der Waals surface area contributed by atoms with Gasteiger partial charge in [0.05, 0.1) is 0 Å². The molecule has 3 aliphatic carbocycles. The number of benzene rings is 1. The van der Waals surface area contributed by atoms with E-state index >= 15 is 0 Å². The fraction of sp³-hybridized carbons (Fsp3) is 0.655. The molecule has 0 spiro atoms. The summed E-state index contributed by atoms with van der Waals surface area (Å²) in [4.78, 5) is 28.4. The van der Waals surface area contributed by atoms with Gasteiger partial charge in [-0.25, -0.2) is 0 Å². The van der Waals surface area contributed by atoms with Crippen LogP contribution in [0.15, 0.2) is 42.0 Å². The third-order valence-corrected chi connectivity index (χ3v) is 10.2. The Balaban J connectivity index is 1.38. The lowest BCUT2D eigenvalue weighted by atomic mass is 9.48. The Bertz CT molecular complexity index is 956. The molecule has 0 saturated heterocycles. The van der Waals surface area contributed by atoms with Crippen LogP contribution in [-0.2, 0) is 9.59 Å². The van der Waals surface area contributed by atoms with E-state index in [9.17, 15) is 9.59 Å². The van der Waals surface area contributed by atoms with Crippen LogP contribution in [0.25, 0.3) is 0 Å². The Labute approximate surface area is 199 Å². The molecule has 33 heavy (non-hydrogen) atoms. The van der Waals surface area contributed by atoms with Gasteiger partial charge in [0.15, 0.2) is 0 Å². The average molecular weight is 449 g/mol. The summed E-state index contributed by atoms with van der Waals surface area (Å²) in [5.74, 6) is 1.99. The first-order valence-electron chi connectivity index (χ1n) is 13.1. The van der Waals surface area contributed by atoms with Crippen molar-refractivity contribution in [2.45, 2.75) is 77.7 Å². The number of hydrogen-bond acceptors (Lipinski definition) is 2. The molecule has 1 aromatic carbocycles. The predicted molar refractivity (Wildman–Crippen MR) is 132 cm³/mol. The molecule has 0 bridgehead atoms. The van der Waals surface area contributed by atoms with E-state index < -0.39 is 0 Å². The molecular formula is C29H40N2O2. The molecule has 1 heterocycles. The van der Waals surface area contributed by atoms with Crippen LogP contribution in [0.1, 0.15) is 77.2 Å². The number of carbonyl (C=O) groups is 2. The summed E-state index contributed by atoms with van der Waals surface area (Å²) in [6, 6.07) is 10.4. The van der Waals surface area contributed by atoms with Crippen LogP contribution in [0.5, 0.6) is 0 Å². The Morgan fingerprint density at radius 3 is 2.61 bits per heavy atom. The van der Waals surface area contributed by atoms with E-state index in [1.807, 2.05) is 30.1 Å². The van der Waals surface area contributed by atoms with Crippen LogP contribution >= 0.6 is 0 Å². The molecule has 3 saturated carbocycles. The third-order valence-electron chi connectivity index (χ3n) is 10.2. The molecule has 1 aliphatic heterocycles. The minimum Gasteiger partial charge on any atom is -0.351 e. The zero-order chi connectivity index (χ0) is 23.4. The van der Waals surface area contributed by atoms with E-state index in [1.165, 1.54) is 44.1 Å². The van der Waals surface area contributed by atoms with Gasteiger partial charge in [0.25, 0.3) is 11.8 Å². The highest BCUT2D eigenvalue weighted by Gasteiger charge is 2.59. The third kappa shape index (κ3) is 3.65. The monoisotopic (exact) mass is 448 g/mol. The van der Waals surface area contributed by atoms with Crippen molar-refractivity contribution < 1.29 is 9.59 Å². The van der Waals surface area contributed by atoms with Crippen LogP contribution in [0.2, 0.25) is 0 Å². The molecule has 178 valence electrons. The molecule has 0 aromatic heterocycles. The van der Waals surface area contributed by atoms with E-state index in [0.29, 0.717) is 23.5 Å². The topological polar surface area (TPSA) is 49.4 Å². The standard InChI is InChI=1S/C29H40N2O2/c1-19(20-9-6-5-7-10-20)18-30-26(32)22-17-29(3)24-14-16-28(2)15-8-11-23(28)21(24)12-13-25(29)31(4)27(22)33/h5-7,9-10,17,19,21,23-25H,8,11-16,18H2,1-4H3,(H,30,32)/t19?,21-,23-,24+,25?,28-,29+/m0/s1. The van der Waals surface area contributed by atoms with Crippen molar-refractivity contribution in [3.05, 3.63) is 47.5 Å². The van der Waals surface area contributed by atoms with Gasteiger partial charge >= 0.3 is 0 Å². The molecule has 1 N–H and O–H groups in total. The normalized spacial score (nSPS) is 38.6. The summed E-state index contributed by atoms with van der Waals surface area (Å²) in [7, 11) is 1.92. The van der Waals surface area contributed by atoms with Crippen molar-refractivity contribution in [1.82, 2.24) is 10.2 Å². The molecule has 2 unspecified atom stereocenters. The second-order valence-electron chi connectivity index (χ2n) is 11.9. The minimum absolute atomic E-state index is 0.109. The SMILES string of the molecule is CC(CNC(=O)C1=C[C@@]2(C)C(CC[C@@H]3[C@H]2CC[C@]2(C)CCC[C@@H]32)N(C)C1=O)c1ccccc1. The molecule has 3 fully saturated rings. The zero-order valence-corrected chi connectivity index (χ0v) is 20.8. The van der Waals surface area contributed by atoms with Crippen LogP contribution in [0.4, 0.5) is 0 Å². The first kappa shape index (κ1) is 22.7. The van der Waals surface area contributed by atoms with Crippen molar-refractivity contribution >= 4 is 11.8 Å². The van der Waals surface area contributed by atoms with Gasteiger partial charge in [0.2, 0.25) is 0 Å². The lowest BCUT2D eigenvalue weighted by Crippen LogP contribution is -2.61. The molecule has 4 nitrogen and oxygen atoms in total. The minimum atomic E-state index is -0.210. The van der Waals surface area contributed by atoms with E-state index in [1.54, 1.807) is 0 Å². The molecule has 5 rings (SSSR count). The fourth-order valence-corrected chi connectivity index (χ4v) is 8.29. The molecule has 4 heteroatoms. The molecule has 1 aromatic rings. The molecular weight excluding hydrogens is 408 g/mol.